The first-order valence-corrected chi connectivity index (χ1v) is 5.88. The molecule has 0 saturated heterocycles. The van der Waals surface area contributed by atoms with Gasteiger partial charge in [0.2, 0.25) is 0 Å². The highest BCUT2D eigenvalue weighted by Gasteiger charge is 2.30. The van der Waals surface area contributed by atoms with E-state index in [4.69, 9.17) is 4.74 Å². The van der Waals surface area contributed by atoms with Gasteiger partial charge in [0.05, 0.1) is 12.2 Å². The van der Waals surface area contributed by atoms with Crippen LogP contribution in [-0.2, 0) is 4.74 Å². The summed E-state index contributed by atoms with van der Waals surface area (Å²) in [6.45, 7) is 5.72. The number of rotatable bonds is 5. The van der Waals surface area contributed by atoms with Crippen molar-refractivity contribution >= 4 is 5.97 Å². The summed E-state index contributed by atoms with van der Waals surface area (Å²) in [5.74, 6) is -0.334. The standard InChI is InChI=1S/C14H20O3/c1-4-12(14(2,3)10-15)17-13(16)11-8-6-5-7-9-11/h5-9,12,15H,4,10H2,1-3H3. The molecule has 0 radical (unpaired) electrons. The van der Waals surface area contributed by atoms with E-state index in [-0.39, 0.29) is 18.7 Å². The number of hydrogen-bond acceptors (Lipinski definition) is 3. The summed E-state index contributed by atoms with van der Waals surface area (Å²) in [5, 5.41) is 9.29. The summed E-state index contributed by atoms with van der Waals surface area (Å²) >= 11 is 0. The SMILES string of the molecule is CCC(OC(=O)c1ccccc1)C(C)(C)CO. The van der Waals surface area contributed by atoms with E-state index in [0.717, 1.165) is 0 Å². The van der Waals surface area contributed by atoms with Crippen LogP contribution in [0.4, 0.5) is 0 Å². The molecule has 1 N–H and O–H groups in total. The second-order valence-electron chi connectivity index (χ2n) is 4.81. The minimum Gasteiger partial charge on any atom is -0.458 e. The highest BCUT2D eigenvalue weighted by Crippen LogP contribution is 2.25. The molecule has 0 aliphatic heterocycles. The lowest BCUT2D eigenvalue weighted by molar-refractivity contribution is -0.0278. The van der Waals surface area contributed by atoms with Gasteiger partial charge < -0.3 is 9.84 Å². The lowest BCUT2D eigenvalue weighted by Crippen LogP contribution is -2.36. The number of ether oxygens (including phenoxy) is 1. The summed E-state index contributed by atoms with van der Waals surface area (Å²) in [6.07, 6.45) is 0.409. The fraction of sp³-hybridized carbons (Fsp3) is 0.500. The summed E-state index contributed by atoms with van der Waals surface area (Å²) in [7, 11) is 0. The van der Waals surface area contributed by atoms with E-state index in [2.05, 4.69) is 0 Å². The Kier molecular flexibility index (Phi) is 4.70. The molecule has 0 fully saturated rings. The highest BCUT2D eigenvalue weighted by molar-refractivity contribution is 5.89. The van der Waals surface area contributed by atoms with Crippen LogP contribution in [0.15, 0.2) is 30.3 Å². The maximum atomic E-state index is 11.9. The van der Waals surface area contributed by atoms with Crippen molar-refractivity contribution < 1.29 is 14.6 Å². The van der Waals surface area contributed by atoms with Crippen LogP contribution in [0.5, 0.6) is 0 Å². The van der Waals surface area contributed by atoms with Gasteiger partial charge in [-0.3, -0.25) is 0 Å². The van der Waals surface area contributed by atoms with Crippen LogP contribution < -0.4 is 0 Å². The van der Waals surface area contributed by atoms with Crippen molar-refractivity contribution in [2.45, 2.75) is 33.3 Å². The average molecular weight is 236 g/mol. The van der Waals surface area contributed by atoms with Gasteiger partial charge in [-0.2, -0.15) is 0 Å². The molecule has 0 heterocycles. The first-order chi connectivity index (χ1) is 8.01. The maximum absolute atomic E-state index is 11.9. The van der Waals surface area contributed by atoms with Crippen molar-refractivity contribution in [3.63, 3.8) is 0 Å². The first-order valence-electron chi connectivity index (χ1n) is 5.88. The molecular formula is C14H20O3. The fourth-order valence-corrected chi connectivity index (χ4v) is 1.67. The van der Waals surface area contributed by atoms with Crippen molar-refractivity contribution in [2.24, 2.45) is 5.41 Å². The Morgan fingerprint density at radius 1 is 1.35 bits per heavy atom. The van der Waals surface area contributed by atoms with Crippen LogP contribution >= 0.6 is 0 Å². The number of carbonyl (C=O) groups is 1. The molecule has 17 heavy (non-hydrogen) atoms. The minimum absolute atomic E-state index is 0.00637. The second-order valence-corrected chi connectivity index (χ2v) is 4.81. The molecule has 0 bridgehead atoms. The lowest BCUT2D eigenvalue weighted by atomic mass is 9.86. The first kappa shape index (κ1) is 13.7. The van der Waals surface area contributed by atoms with Crippen molar-refractivity contribution in [2.75, 3.05) is 6.61 Å². The largest absolute Gasteiger partial charge is 0.458 e. The molecule has 0 aromatic heterocycles. The summed E-state index contributed by atoms with van der Waals surface area (Å²) in [4.78, 5) is 11.9. The fourth-order valence-electron chi connectivity index (χ4n) is 1.67. The van der Waals surface area contributed by atoms with Gasteiger partial charge in [0.15, 0.2) is 0 Å². The number of benzene rings is 1. The van der Waals surface area contributed by atoms with Crippen LogP contribution in [0.1, 0.15) is 37.6 Å². The predicted molar refractivity (Wildman–Crippen MR) is 66.8 cm³/mol. The summed E-state index contributed by atoms with van der Waals surface area (Å²) in [5.41, 5.74) is 0.124. The predicted octanol–water partition coefficient (Wildman–Crippen LogP) is 2.64. The van der Waals surface area contributed by atoms with Gasteiger partial charge in [-0.15, -0.1) is 0 Å². The average Bonchev–Trinajstić information content (AvgIpc) is 2.36. The molecule has 0 saturated carbocycles. The number of esters is 1. The number of aliphatic hydroxyl groups excluding tert-OH is 1. The smallest absolute Gasteiger partial charge is 0.338 e. The number of aliphatic hydroxyl groups is 1. The zero-order chi connectivity index (χ0) is 12.9. The molecule has 94 valence electrons. The molecule has 3 heteroatoms. The van der Waals surface area contributed by atoms with Gasteiger partial charge in [-0.25, -0.2) is 4.79 Å². The van der Waals surface area contributed by atoms with Gasteiger partial charge >= 0.3 is 5.97 Å². The van der Waals surface area contributed by atoms with E-state index in [0.29, 0.717) is 12.0 Å². The Morgan fingerprint density at radius 3 is 2.41 bits per heavy atom. The molecule has 1 aromatic rings. The van der Waals surface area contributed by atoms with Crippen molar-refractivity contribution in [1.82, 2.24) is 0 Å². The molecule has 1 rings (SSSR count). The monoisotopic (exact) mass is 236 g/mol. The van der Waals surface area contributed by atoms with Crippen LogP contribution in [0, 0.1) is 5.41 Å². The molecule has 0 aliphatic rings. The Labute approximate surface area is 102 Å². The van der Waals surface area contributed by atoms with Crippen molar-refractivity contribution in [1.29, 1.82) is 0 Å². The maximum Gasteiger partial charge on any atom is 0.338 e. The second kappa shape index (κ2) is 5.82. The number of hydrogen-bond donors (Lipinski definition) is 1. The molecule has 0 amide bonds. The zero-order valence-electron chi connectivity index (χ0n) is 10.6. The summed E-state index contributed by atoms with van der Waals surface area (Å²) in [6, 6.07) is 8.90. The third-order valence-electron chi connectivity index (χ3n) is 2.91. The Balaban J connectivity index is 2.73. The molecule has 1 aromatic carbocycles. The van der Waals surface area contributed by atoms with Gasteiger partial charge in [-0.1, -0.05) is 39.0 Å². The van der Waals surface area contributed by atoms with Crippen LogP contribution in [0.3, 0.4) is 0 Å². The topological polar surface area (TPSA) is 46.5 Å². The quantitative estimate of drug-likeness (QED) is 0.799. The summed E-state index contributed by atoms with van der Waals surface area (Å²) < 4.78 is 5.44. The normalized spacial score (nSPS) is 13.2. The van der Waals surface area contributed by atoms with E-state index < -0.39 is 5.41 Å². The molecule has 3 nitrogen and oxygen atoms in total. The van der Waals surface area contributed by atoms with Crippen LogP contribution in [0.25, 0.3) is 0 Å². The Bertz CT molecular complexity index is 357. The van der Waals surface area contributed by atoms with Crippen LogP contribution in [0.2, 0.25) is 0 Å². The third kappa shape index (κ3) is 3.56. The van der Waals surface area contributed by atoms with Gasteiger partial charge in [0.1, 0.15) is 6.10 Å². The van der Waals surface area contributed by atoms with Crippen molar-refractivity contribution in [3.05, 3.63) is 35.9 Å². The molecule has 1 atom stereocenters. The van der Waals surface area contributed by atoms with Crippen molar-refractivity contribution in [3.8, 4) is 0 Å². The molecule has 0 aliphatic carbocycles. The minimum atomic E-state index is -0.417. The molecule has 1 unspecified atom stereocenters. The Morgan fingerprint density at radius 2 is 1.94 bits per heavy atom. The lowest BCUT2D eigenvalue weighted by Gasteiger charge is -2.31. The highest BCUT2D eigenvalue weighted by atomic mass is 16.5. The van der Waals surface area contributed by atoms with Gasteiger partial charge in [0.25, 0.3) is 0 Å². The number of carbonyl (C=O) groups excluding carboxylic acids is 1. The van der Waals surface area contributed by atoms with E-state index in [1.54, 1.807) is 24.3 Å². The van der Waals surface area contributed by atoms with E-state index in [1.165, 1.54) is 0 Å². The van der Waals surface area contributed by atoms with Crippen LogP contribution in [-0.4, -0.2) is 23.8 Å². The van der Waals surface area contributed by atoms with Gasteiger partial charge in [0, 0.05) is 5.41 Å². The molecular weight excluding hydrogens is 216 g/mol. The van der Waals surface area contributed by atoms with Gasteiger partial charge in [-0.05, 0) is 18.6 Å². The third-order valence-corrected chi connectivity index (χ3v) is 2.91. The molecule has 0 spiro atoms. The van der Waals surface area contributed by atoms with E-state index in [9.17, 15) is 9.90 Å². The zero-order valence-corrected chi connectivity index (χ0v) is 10.6. The van der Waals surface area contributed by atoms with E-state index >= 15 is 0 Å². The Hall–Kier alpha value is -1.35. The van der Waals surface area contributed by atoms with E-state index in [1.807, 2.05) is 26.8 Å².